The van der Waals surface area contributed by atoms with Gasteiger partial charge in [0.2, 0.25) is 0 Å². The van der Waals surface area contributed by atoms with Crippen LogP contribution >= 0.6 is 0 Å². The molecule has 0 aliphatic heterocycles. The van der Waals surface area contributed by atoms with Gasteiger partial charge in [-0.15, -0.1) is 0 Å². The van der Waals surface area contributed by atoms with Crippen LogP contribution in [0.4, 0.5) is 0 Å². The lowest BCUT2D eigenvalue weighted by Crippen LogP contribution is -2.62. The lowest BCUT2D eigenvalue weighted by Gasteiger charge is -2.63. The number of rotatable bonds is 3. The number of aliphatic hydroxyl groups is 2. The first kappa shape index (κ1) is 21.6. The number of hydrogen-bond acceptors (Lipinski definition) is 4. The summed E-state index contributed by atoms with van der Waals surface area (Å²) < 4.78 is 5.55. The summed E-state index contributed by atoms with van der Waals surface area (Å²) in [7, 11) is 0. The van der Waals surface area contributed by atoms with Crippen molar-refractivity contribution < 1.29 is 19.7 Å². The van der Waals surface area contributed by atoms with E-state index in [2.05, 4.69) is 27.7 Å². The normalized spacial score (nSPS) is 52.8. The third kappa shape index (κ3) is 3.19. The molecule has 11 atom stereocenters. The van der Waals surface area contributed by atoms with E-state index in [9.17, 15) is 15.0 Å². The van der Waals surface area contributed by atoms with Crippen LogP contribution in [-0.2, 0) is 9.53 Å². The minimum absolute atomic E-state index is 0.00521. The van der Waals surface area contributed by atoms with E-state index in [1.807, 2.05) is 0 Å². The van der Waals surface area contributed by atoms with Crippen molar-refractivity contribution in [3.63, 3.8) is 0 Å². The zero-order valence-corrected chi connectivity index (χ0v) is 19.1. The van der Waals surface area contributed by atoms with Crippen molar-refractivity contribution in [2.24, 2.45) is 46.3 Å². The standard InChI is InChI=1S/C25H42O4/c1-6-14(2)18-7-8-19-23-20(13-22(28)25(18,19)5)24(4)10-9-17(29-15(3)26)11-16(24)12-21(23)27/h14,16-23,27-28H,6-13H2,1-5H3. The highest BCUT2D eigenvalue weighted by atomic mass is 16.5. The SMILES string of the molecule is CCC(C)C1CCC2C3C(O)CC4CC(OC(C)=O)CCC4(C)C3CC(O)C12C. The van der Waals surface area contributed by atoms with E-state index in [0.717, 1.165) is 44.9 Å². The molecule has 0 amide bonds. The Morgan fingerprint density at radius 1 is 1.10 bits per heavy atom. The van der Waals surface area contributed by atoms with Crippen molar-refractivity contribution in [2.75, 3.05) is 0 Å². The van der Waals surface area contributed by atoms with E-state index in [1.54, 1.807) is 0 Å². The number of carbonyl (C=O) groups is 1. The van der Waals surface area contributed by atoms with Crippen LogP contribution in [0.3, 0.4) is 0 Å². The fraction of sp³-hybridized carbons (Fsp3) is 0.960. The summed E-state index contributed by atoms with van der Waals surface area (Å²) in [5, 5.41) is 22.9. The van der Waals surface area contributed by atoms with Gasteiger partial charge in [-0.3, -0.25) is 4.79 Å². The Hall–Kier alpha value is -0.610. The molecule has 4 rings (SSSR count). The molecule has 0 aromatic rings. The summed E-state index contributed by atoms with van der Waals surface area (Å²) in [6, 6.07) is 0. The summed E-state index contributed by atoms with van der Waals surface area (Å²) in [6.07, 6.45) is 7.40. The summed E-state index contributed by atoms with van der Waals surface area (Å²) >= 11 is 0. The molecule has 166 valence electrons. The topological polar surface area (TPSA) is 66.8 Å². The number of fused-ring (bicyclic) bond motifs is 5. The van der Waals surface area contributed by atoms with Crippen LogP contribution in [0.15, 0.2) is 0 Å². The van der Waals surface area contributed by atoms with Crippen LogP contribution in [0.1, 0.15) is 86.0 Å². The zero-order chi connectivity index (χ0) is 21.1. The smallest absolute Gasteiger partial charge is 0.302 e. The number of esters is 1. The molecule has 0 heterocycles. The van der Waals surface area contributed by atoms with Crippen LogP contribution in [0, 0.1) is 46.3 Å². The van der Waals surface area contributed by atoms with Gasteiger partial charge in [0.1, 0.15) is 6.10 Å². The van der Waals surface area contributed by atoms with E-state index < -0.39 is 0 Å². The molecule has 4 aliphatic carbocycles. The number of carbonyl (C=O) groups excluding carboxylic acids is 1. The molecule has 4 nitrogen and oxygen atoms in total. The number of hydrogen-bond donors (Lipinski definition) is 2. The van der Waals surface area contributed by atoms with Crippen LogP contribution in [0.2, 0.25) is 0 Å². The molecule has 29 heavy (non-hydrogen) atoms. The number of ether oxygens (including phenoxy) is 1. The van der Waals surface area contributed by atoms with Crippen LogP contribution in [0.25, 0.3) is 0 Å². The van der Waals surface area contributed by atoms with Gasteiger partial charge in [-0.2, -0.15) is 0 Å². The number of aliphatic hydroxyl groups excluding tert-OH is 2. The second-order valence-corrected chi connectivity index (χ2v) is 11.5. The van der Waals surface area contributed by atoms with Crippen molar-refractivity contribution in [2.45, 2.75) is 104 Å². The first-order valence-electron chi connectivity index (χ1n) is 12.2. The Labute approximate surface area is 176 Å². The lowest BCUT2D eigenvalue weighted by atomic mass is 9.43. The van der Waals surface area contributed by atoms with Crippen LogP contribution in [-0.4, -0.2) is 34.5 Å². The Balaban J connectivity index is 1.61. The van der Waals surface area contributed by atoms with Gasteiger partial charge in [0.15, 0.2) is 0 Å². The predicted molar refractivity (Wildman–Crippen MR) is 113 cm³/mol. The Morgan fingerprint density at radius 3 is 2.48 bits per heavy atom. The molecule has 0 saturated heterocycles. The molecular weight excluding hydrogens is 364 g/mol. The molecule has 4 heteroatoms. The lowest BCUT2D eigenvalue weighted by molar-refractivity contribution is -0.209. The molecule has 11 unspecified atom stereocenters. The predicted octanol–water partition coefficient (Wildman–Crippen LogP) is 4.56. The quantitative estimate of drug-likeness (QED) is 0.674. The molecule has 0 spiro atoms. The average Bonchev–Trinajstić information content (AvgIpc) is 3.01. The van der Waals surface area contributed by atoms with Crippen LogP contribution in [0.5, 0.6) is 0 Å². The first-order valence-corrected chi connectivity index (χ1v) is 12.2. The fourth-order valence-corrected chi connectivity index (χ4v) is 8.74. The maximum absolute atomic E-state index is 11.5. The molecule has 4 fully saturated rings. The second-order valence-electron chi connectivity index (χ2n) is 11.5. The molecule has 2 N–H and O–H groups in total. The summed E-state index contributed by atoms with van der Waals surface area (Å²) in [6.45, 7) is 10.8. The fourth-order valence-electron chi connectivity index (χ4n) is 8.74. The van der Waals surface area contributed by atoms with Crippen molar-refractivity contribution in [1.82, 2.24) is 0 Å². The Bertz CT molecular complexity index is 634. The van der Waals surface area contributed by atoms with E-state index in [-0.39, 0.29) is 35.1 Å². The molecule has 4 saturated carbocycles. The largest absolute Gasteiger partial charge is 0.463 e. The molecule has 0 aromatic heterocycles. The summed E-state index contributed by atoms with van der Waals surface area (Å²) in [5.74, 6) is 2.47. The third-order valence-corrected chi connectivity index (χ3v) is 10.5. The van der Waals surface area contributed by atoms with Gasteiger partial charge in [0.05, 0.1) is 12.2 Å². The molecule has 0 radical (unpaired) electrons. The highest BCUT2D eigenvalue weighted by Gasteiger charge is 2.65. The highest BCUT2D eigenvalue weighted by Crippen LogP contribution is 2.68. The molecule has 4 aliphatic rings. The average molecular weight is 407 g/mol. The van der Waals surface area contributed by atoms with Gasteiger partial charge < -0.3 is 14.9 Å². The molecule has 0 aromatic carbocycles. The maximum atomic E-state index is 11.5. The van der Waals surface area contributed by atoms with Crippen molar-refractivity contribution >= 4 is 5.97 Å². The van der Waals surface area contributed by atoms with Gasteiger partial charge in [-0.05, 0) is 91.3 Å². The van der Waals surface area contributed by atoms with Crippen molar-refractivity contribution in [1.29, 1.82) is 0 Å². The minimum Gasteiger partial charge on any atom is -0.463 e. The van der Waals surface area contributed by atoms with Crippen molar-refractivity contribution in [3.05, 3.63) is 0 Å². The molecule has 0 bridgehead atoms. The highest BCUT2D eigenvalue weighted by molar-refractivity contribution is 5.66. The van der Waals surface area contributed by atoms with E-state index in [0.29, 0.717) is 35.5 Å². The Morgan fingerprint density at radius 2 is 1.83 bits per heavy atom. The summed E-state index contributed by atoms with van der Waals surface area (Å²) in [4.78, 5) is 11.5. The Kier molecular flexibility index (Phi) is 5.60. The van der Waals surface area contributed by atoms with E-state index in [1.165, 1.54) is 13.3 Å². The third-order valence-electron chi connectivity index (χ3n) is 10.5. The maximum Gasteiger partial charge on any atom is 0.302 e. The first-order chi connectivity index (χ1) is 13.6. The van der Waals surface area contributed by atoms with E-state index >= 15 is 0 Å². The second kappa shape index (κ2) is 7.51. The monoisotopic (exact) mass is 406 g/mol. The van der Waals surface area contributed by atoms with Gasteiger partial charge in [-0.25, -0.2) is 0 Å². The summed E-state index contributed by atoms with van der Waals surface area (Å²) in [5.41, 5.74) is 0.0764. The minimum atomic E-state index is -0.290. The van der Waals surface area contributed by atoms with E-state index in [4.69, 9.17) is 4.74 Å². The van der Waals surface area contributed by atoms with Gasteiger partial charge >= 0.3 is 5.97 Å². The van der Waals surface area contributed by atoms with Crippen molar-refractivity contribution in [3.8, 4) is 0 Å². The zero-order valence-electron chi connectivity index (χ0n) is 19.1. The van der Waals surface area contributed by atoms with Gasteiger partial charge in [0.25, 0.3) is 0 Å². The van der Waals surface area contributed by atoms with Gasteiger partial charge in [0, 0.05) is 6.92 Å². The molecular formula is C25H42O4. The van der Waals surface area contributed by atoms with Crippen LogP contribution < -0.4 is 0 Å². The van der Waals surface area contributed by atoms with Gasteiger partial charge in [-0.1, -0.05) is 34.1 Å².